The topological polar surface area (TPSA) is 26.3 Å². The normalized spacial score (nSPS) is 10.4. The minimum atomic E-state index is -0.00586. The number of hydrogen-bond donors (Lipinski definition) is 0. The molecule has 2 aromatic rings. The number of halogens is 1. The van der Waals surface area contributed by atoms with Gasteiger partial charge in [-0.3, -0.25) is 4.79 Å². The molecule has 0 aliphatic heterocycles. The molecule has 0 spiro atoms. The third-order valence-electron chi connectivity index (χ3n) is 3.33. The molecule has 0 radical (unpaired) electrons. The lowest BCUT2D eigenvalue weighted by Gasteiger charge is -2.08. The van der Waals surface area contributed by atoms with Gasteiger partial charge in [0, 0.05) is 10.0 Å². The van der Waals surface area contributed by atoms with Crippen LogP contribution < -0.4 is 4.74 Å². The highest BCUT2D eigenvalue weighted by molar-refractivity contribution is 9.10. The van der Waals surface area contributed by atoms with Crippen LogP contribution in [0.15, 0.2) is 40.9 Å². The largest absolute Gasteiger partial charge is 0.485 e. The molecule has 2 aromatic carbocycles. The molecule has 104 valence electrons. The fourth-order valence-electron chi connectivity index (χ4n) is 1.85. The van der Waals surface area contributed by atoms with Crippen molar-refractivity contribution in [1.29, 1.82) is 0 Å². The summed E-state index contributed by atoms with van der Waals surface area (Å²) in [7, 11) is 0. The standard InChI is InChI=1S/C17H17BrO2/c1-11-4-5-14(8-12(11)2)17(19)10-20-15-6-7-16(18)13(3)9-15/h4-9H,10H2,1-3H3. The monoisotopic (exact) mass is 332 g/mol. The molecule has 0 unspecified atom stereocenters. The number of rotatable bonds is 4. The highest BCUT2D eigenvalue weighted by Crippen LogP contribution is 2.21. The number of Topliss-reactive ketones (excluding diaryl/α,β-unsaturated/α-hetero) is 1. The van der Waals surface area contributed by atoms with Gasteiger partial charge < -0.3 is 4.74 Å². The van der Waals surface area contributed by atoms with E-state index in [0.29, 0.717) is 11.3 Å². The van der Waals surface area contributed by atoms with E-state index in [0.717, 1.165) is 15.6 Å². The Hall–Kier alpha value is -1.61. The number of benzene rings is 2. The van der Waals surface area contributed by atoms with Crippen molar-refractivity contribution in [3.63, 3.8) is 0 Å². The first-order valence-electron chi connectivity index (χ1n) is 6.47. The molecule has 0 aliphatic rings. The van der Waals surface area contributed by atoms with Crippen molar-refractivity contribution in [3.05, 3.63) is 63.1 Å². The number of aryl methyl sites for hydroxylation is 3. The third kappa shape index (κ3) is 3.48. The fraction of sp³-hybridized carbons (Fsp3) is 0.235. The summed E-state index contributed by atoms with van der Waals surface area (Å²) >= 11 is 3.44. The van der Waals surface area contributed by atoms with Gasteiger partial charge in [0.25, 0.3) is 0 Å². The van der Waals surface area contributed by atoms with Crippen molar-refractivity contribution in [2.75, 3.05) is 6.61 Å². The quantitative estimate of drug-likeness (QED) is 0.762. The molecule has 3 heteroatoms. The van der Waals surface area contributed by atoms with Crippen LogP contribution in [0.2, 0.25) is 0 Å². The second-order valence-corrected chi connectivity index (χ2v) is 5.78. The summed E-state index contributed by atoms with van der Waals surface area (Å²) in [6.45, 7) is 6.08. The highest BCUT2D eigenvalue weighted by atomic mass is 79.9. The van der Waals surface area contributed by atoms with E-state index in [1.807, 2.05) is 57.2 Å². The SMILES string of the molecule is Cc1ccc(C(=O)COc2ccc(Br)c(C)c2)cc1C. The van der Waals surface area contributed by atoms with E-state index in [1.165, 1.54) is 5.56 Å². The van der Waals surface area contributed by atoms with Crippen LogP contribution in [-0.2, 0) is 0 Å². The minimum Gasteiger partial charge on any atom is -0.485 e. The molecule has 20 heavy (non-hydrogen) atoms. The first-order valence-corrected chi connectivity index (χ1v) is 7.26. The number of carbonyl (C=O) groups is 1. The lowest BCUT2D eigenvalue weighted by Crippen LogP contribution is -2.12. The van der Waals surface area contributed by atoms with Gasteiger partial charge in [0.2, 0.25) is 0 Å². The van der Waals surface area contributed by atoms with Crippen LogP contribution in [0.1, 0.15) is 27.0 Å². The van der Waals surface area contributed by atoms with E-state index in [1.54, 1.807) is 0 Å². The van der Waals surface area contributed by atoms with Crippen molar-refractivity contribution in [2.45, 2.75) is 20.8 Å². The first-order chi connectivity index (χ1) is 9.47. The van der Waals surface area contributed by atoms with Crippen LogP contribution in [0.5, 0.6) is 5.75 Å². The Morgan fingerprint density at radius 1 is 1.00 bits per heavy atom. The van der Waals surface area contributed by atoms with E-state index < -0.39 is 0 Å². The zero-order chi connectivity index (χ0) is 14.7. The first kappa shape index (κ1) is 14.8. The summed E-state index contributed by atoms with van der Waals surface area (Å²) in [6.07, 6.45) is 0. The second-order valence-electron chi connectivity index (χ2n) is 4.92. The predicted molar refractivity (Wildman–Crippen MR) is 84.6 cm³/mol. The summed E-state index contributed by atoms with van der Waals surface area (Å²) in [4.78, 5) is 12.1. The maximum absolute atomic E-state index is 12.1. The van der Waals surface area contributed by atoms with Gasteiger partial charge in [0.05, 0.1) is 0 Å². The average molecular weight is 333 g/mol. The lowest BCUT2D eigenvalue weighted by atomic mass is 10.0. The molecule has 0 aromatic heterocycles. The molecular formula is C17H17BrO2. The molecule has 0 saturated heterocycles. The van der Waals surface area contributed by atoms with Crippen molar-refractivity contribution >= 4 is 21.7 Å². The van der Waals surface area contributed by atoms with E-state index in [-0.39, 0.29) is 12.4 Å². The van der Waals surface area contributed by atoms with Gasteiger partial charge in [-0.2, -0.15) is 0 Å². The Bertz CT molecular complexity index is 647. The molecule has 0 N–H and O–H groups in total. The molecule has 0 bridgehead atoms. The Balaban J connectivity index is 2.04. The predicted octanol–water partition coefficient (Wildman–Crippen LogP) is 4.64. The molecule has 0 fully saturated rings. The van der Waals surface area contributed by atoms with Crippen LogP contribution >= 0.6 is 15.9 Å². The maximum atomic E-state index is 12.1. The molecule has 0 heterocycles. The molecular weight excluding hydrogens is 316 g/mol. The van der Waals surface area contributed by atoms with Gasteiger partial charge in [-0.15, -0.1) is 0 Å². The number of carbonyl (C=O) groups excluding carboxylic acids is 1. The van der Waals surface area contributed by atoms with Crippen LogP contribution in [0.3, 0.4) is 0 Å². The van der Waals surface area contributed by atoms with E-state index in [4.69, 9.17) is 4.74 Å². The van der Waals surface area contributed by atoms with Gasteiger partial charge in [0.1, 0.15) is 5.75 Å². The van der Waals surface area contributed by atoms with Crippen LogP contribution in [0.4, 0.5) is 0 Å². The second kappa shape index (κ2) is 6.23. The van der Waals surface area contributed by atoms with Gasteiger partial charge in [-0.05, 0) is 61.7 Å². The fourth-order valence-corrected chi connectivity index (χ4v) is 2.10. The van der Waals surface area contributed by atoms with Gasteiger partial charge in [-0.25, -0.2) is 0 Å². The third-order valence-corrected chi connectivity index (χ3v) is 4.22. The summed E-state index contributed by atoms with van der Waals surface area (Å²) in [5.74, 6) is 0.705. The molecule has 2 rings (SSSR count). The Kier molecular flexibility index (Phi) is 4.61. The molecule has 0 saturated carbocycles. The zero-order valence-corrected chi connectivity index (χ0v) is 13.5. The lowest BCUT2D eigenvalue weighted by molar-refractivity contribution is 0.0921. The molecule has 0 amide bonds. The Morgan fingerprint density at radius 2 is 1.75 bits per heavy atom. The van der Waals surface area contributed by atoms with Gasteiger partial charge >= 0.3 is 0 Å². The summed E-state index contributed by atoms with van der Waals surface area (Å²) in [6, 6.07) is 11.4. The Morgan fingerprint density at radius 3 is 2.40 bits per heavy atom. The molecule has 2 nitrogen and oxygen atoms in total. The van der Waals surface area contributed by atoms with Crippen molar-refractivity contribution in [1.82, 2.24) is 0 Å². The zero-order valence-electron chi connectivity index (χ0n) is 11.9. The number of ketones is 1. The smallest absolute Gasteiger partial charge is 0.200 e. The van der Waals surface area contributed by atoms with Gasteiger partial charge in [0.15, 0.2) is 12.4 Å². The summed E-state index contributed by atoms with van der Waals surface area (Å²) in [5.41, 5.74) is 4.09. The summed E-state index contributed by atoms with van der Waals surface area (Å²) in [5, 5.41) is 0. The van der Waals surface area contributed by atoms with Crippen LogP contribution in [0, 0.1) is 20.8 Å². The minimum absolute atomic E-state index is 0.00586. The van der Waals surface area contributed by atoms with Crippen LogP contribution in [-0.4, -0.2) is 12.4 Å². The van der Waals surface area contributed by atoms with E-state index in [2.05, 4.69) is 15.9 Å². The number of hydrogen-bond acceptors (Lipinski definition) is 2. The number of ether oxygens (including phenoxy) is 1. The highest BCUT2D eigenvalue weighted by Gasteiger charge is 2.08. The van der Waals surface area contributed by atoms with E-state index >= 15 is 0 Å². The van der Waals surface area contributed by atoms with Crippen molar-refractivity contribution in [3.8, 4) is 5.75 Å². The molecule has 0 aliphatic carbocycles. The van der Waals surface area contributed by atoms with Gasteiger partial charge in [-0.1, -0.05) is 28.1 Å². The van der Waals surface area contributed by atoms with Crippen molar-refractivity contribution in [2.24, 2.45) is 0 Å². The Labute approximate surface area is 127 Å². The summed E-state index contributed by atoms with van der Waals surface area (Å²) < 4.78 is 6.59. The van der Waals surface area contributed by atoms with Crippen molar-refractivity contribution < 1.29 is 9.53 Å². The maximum Gasteiger partial charge on any atom is 0.200 e. The van der Waals surface area contributed by atoms with Crippen LogP contribution in [0.25, 0.3) is 0 Å². The average Bonchev–Trinajstić information content (AvgIpc) is 2.43. The molecule has 0 atom stereocenters. The van der Waals surface area contributed by atoms with E-state index in [9.17, 15) is 4.79 Å².